The summed E-state index contributed by atoms with van der Waals surface area (Å²) in [5.41, 5.74) is 12.9. The maximum absolute atomic E-state index is 9.02. The van der Waals surface area contributed by atoms with E-state index in [0.717, 1.165) is 43.8 Å². The van der Waals surface area contributed by atoms with Gasteiger partial charge >= 0.3 is 8.88 Å². The van der Waals surface area contributed by atoms with Crippen molar-refractivity contribution in [3.63, 3.8) is 0 Å². The number of azide groups is 1. The number of hydrogen-bond donors (Lipinski definition) is 1. The van der Waals surface area contributed by atoms with E-state index >= 15 is 0 Å². The average molecular weight is 952 g/mol. The number of aliphatic imine (C=N–C) groups is 4. The Morgan fingerprint density at radius 2 is 0.797 bits per heavy atom. The largest absolute Gasteiger partial charge is 0.603 e. The molecule has 0 saturated heterocycles. The number of ether oxygens (including phenoxy) is 6. The summed E-state index contributed by atoms with van der Waals surface area (Å²) in [6.45, 7) is 3.98. The van der Waals surface area contributed by atoms with Gasteiger partial charge in [-0.05, 0) is 5.53 Å². The number of aromatic nitrogens is 2. The number of fused-ring (bicyclic) bond motifs is 14. The van der Waals surface area contributed by atoms with Crippen LogP contribution in [0.1, 0.15) is 22.3 Å². The van der Waals surface area contributed by atoms with E-state index in [4.69, 9.17) is 77.9 Å². The molecule has 0 spiro atoms. The van der Waals surface area contributed by atoms with Crippen molar-refractivity contribution in [1.29, 1.82) is 0 Å². The molecule has 4 aromatic carbocycles. The Bertz CT molecular complexity index is 3000. The van der Waals surface area contributed by atoms with E-state index in [-0.39, 0.29) is 52.8 Å². The van der Waals surface area contributed by atoms with Crippen LogP contribution in [0.2, 0.25) is 0 Å². The van der Waals surface area contributed by atoms with Gasteiger partial charge in [-0.1, -0.05) is 102 Å². The topological polar surface area (TPSA) is 227 Å². The van der Waals surface area contributed by atoms with Gasteiger partial charge in [0.25, 0.3) is 0 Å². The first-order valence-corrected chi connectivity index (χ1v) is 24.5. The van der Waals surface area contributed by atoms with Crippen molar-refractivity contribution in [2.24, 2.45) is 35.1 Å². The average Bonchev–Trinajstić information content (AvgIpc) is 4.10. The third-order valence-corrected chi connectivity index (χ3v) is 14.6. The fourth-order valence-corrected chi connectivity index (χ4v) is 11.8. The Hall–Kier alpha value is -6.59. The van der Waals surface area contributed by atoms with Crippen LogP contribution in [0.3, 0.4) is 0 Å². The van der Waals surface area contributed by atoms with Gasteiger partial charge in [-0.3, -0.25) is 8.47 Å². The lowest BCUT2D eigenvalue weighted by atomic mass is 10.1. The van der Waals surface area contributed by atoms with Crippen LogP contribution in [0.5, 0.6) is 0 Å². The number of benzene rings is 4. The van der Waals surface area contributed by atoms with E-state index in [1.54, 1.807) is 0 Å². The second-order valence-electron chi connectivity index (χ2n) is 15.7. The lowest BCUT2D eigenvalue weighted by molar-refractivity contribution is -0.00321. The van der Waals surface area contributed by atoms with E-state index in [0.29, 0.717) is 98.8 Å². The molecule has 69 heavy (non-hydrogen) atoms. The van der Waals surface area contributed by atoms with Crippen LogP contribution >= 0.6 is 0 Å². The van der Waals surface area contributed by atoms with Crippen LogP contribution in [-0.2, 0) is 37.3 Å². The van der Waals surface area contributed by atoms with Gasteiger partial charge in [0.1, 0.15) is 22.6 Å². The zero-order chi connectivity index (χ0) is 46.8. The normalized spacial score (nSPS) is 16.2. The van der Waals surface area contributed by atoms with E-state index in [9.17, 15) is 0 Å². The van der Waals surface area contributed by atoms with Gasteiger partial charge in [0.2, 0.25) is 0 Å². The van der Waals surface area contributed by atoms with Crippen molar-refractivity contribution < 1.29 is 42.4 Å². The summed E-state index contributed by atoms with van der Waals surface area (Å²) in [7, 11) is -4.39. The summed E-state index contributed by atoms with van der Waals surface area (Å²) in [4.78, 5) is 34.9. The van der Waals surface area contributed by atoms with Crippen molar-refractivity contribution in [3.05, 3.63) is 141 Å². The van der Waals surface area contributed by atoms with Gasteiger partial charge in [-0.2, -0.15) is 0 Å². The molecule has 21 heteroatoms. The van der Waals surface area contributed by atoms with E-state index in [2.05, 4.69) is 10.0 Å². The lowest BCUT2D eigenvalue weighted by Crippen LogP contribution is -2.64. The summed E-state index contributed by atoms with van der Waals surface area (Å²) < 4.78 is 53.5. The van der Waals surface area contributed by atoms with Gasteiger partial charge in [-0.25, -0.2) is 30.0 Å². The predicted molar refractivity (Wildman–Crippen MR) is 259 cm³/mol. The number of amidine groups is 4. The Labute approximate surface area is 396 Å². The molecule has 6 bridgehead atoms. The molecule has 0 radical (unpaired) electrons. The first kappa shape index (κ1) is 46.2. The van der Waals surface area contributed by atoms with Crippen LogP contribution in [0.4, 0.5) is 11.6 Å². The van der Waals surface area contributed by atoms with Crippen LogP contribution in [0.15, 0.2) is 132 Å². The Morgan fingerprint density at radius 3 is 1.22 bits per heavy atom. The SMILES string of the molecule is [N-]=[N+]=NCCOCCOCCOCCO[Si]1(OCCOCCOCCOCCO)n2c3c4ccccc4c2N=C2N=C(N=c4c5ccccc5c(n41)=NC1=NC(=N3)c3ccccc31)c1ccccc12. The highest BCUT2D eigenvalue weighted by atomic mass is 28.4. The molecule has 1 unspecified atom stereocenters. The number of aliphatic hydroxyl groups excluding tert-OH is 1. The van der Waals surface area contributed by atoms with Crippen molar-refractivity contribution in [3.8, 4) is 0 Å². The van der Waals surface area contributed by atoms with Gasteiger partial charge in [0.15, 0.2) is 23.3 Å². The standard InChI is InChI=1S/C48H49N11O9Si/c49-57-50-17-19-61-21-23-63-25-27-65-29-31-67-69(68-32-30-66-28-26-64-24-22-62-20-18-60)58-45-37-13-5-6-14-38(37)47(58)55-43-35-11-3-4-12-36(35)44(52-43)56-48-40-16-8-7-15-39(40)46(59(48)69)54-42-34-10-2-1-9-33(34)41(51-42)53-45/h1-16,60H,17-32H2. The molecule has 0 amide bonds. The highest BCUT2D eigenvalue weighted by molar-refractivity contribution is 6.66. The molecule has 20 nitrogen and oxygen atoms in total. The van der Waals surface area contributed by atoms with Crippen molar-refractivity contribution in [2.75, 3.05) is 106 Å². The third kappa shape index (κ3) is 9.45. The first-order chi connectivity index (χ1) is 34.2. The van der Waals surface area contributed by atoms with Gasteiger partial charge in [0.05, 0.1) is 99.1 Å². The van der Waals surface area contributed by atoms with E-state index in [1.165, 1.54) is 0 Å². The maximum Gasteiger partial charge on any atom is 0.603 e. The summed E-state index contributed by atoms with van der Waals surface area (Å²) >= 11 is 0. The van der Waals surface area contributed by atoms with Crippen LogP contribution in [-0.4, -0.2) is 151 Å². The molecule has 4 aliphatic rings. The third-order valence-electron chi connectivity index (χ3n) is 11.5. The molecular weight excluding hydrogens is 903 g/mol. The van der Waals surface area contributed by atoms with E-state index < -0.39 is 8.88 Å². The molecule has 2 aromatic heterocycles. The number of aliphatic hydroxyl groups is 1. The molecule has 354 valence electrons. The molecule has 4 aliphatic heterocycles. The van der Waals surface area contributed by atoms with Crippen molar-refractivity contribution in [1.82, 2.24) is 8.47 Å². The molecule has 6 aromatic rings. The van der Waals surface area contributed by atoms with Crippen molar-refractivity contribution >= 4 is 65.4 Å². The van der Waals surface area contributed by atoms with Crippen LogP contribution in [0, 0.1) is 0 Å². The molecule has 10 rings (SSSR count). The minimum atomic E-state index is -4.39. The second kappa shape index (κ2) is 21.8. The van der Waals surface area contributed by atoms with E-state index in [1.807, 2.05) is 106 Å². The zero-order valence-corrected chi connectivity index (χ0v) is 38.7. The smallest absolute Gasteiger partial charge is 0.394 e. The molecule has 1 atom stereocenters. The Kier molecular flexibility index (Phi) is 14.6. The summed E-state index contributed by atoms with van der Waals surface area (Å²) in [5.74, 6) is 2.98. The molecular formula is C48H49N11O9Si. The fourth-order valence-electron chi connectivity index (χ4n) is 8.50. The summed E-state index contributed by atoms with van der Waals surface area (Å²) in [6, 6.07) is 31.9. The zero-order valence-electron chi connectivity index (χ0n) is 37.7. The molecule has 0 saturated carbocycles. The number of rotatable bonds is 25. The lowest BCUT2D eigenvalue weighted by Gasteiger charge is -2.33. The van der Waals surface area contributed by atoms with Gasteiger partial charge < -0.3 is 42.4 Å². The number of hydrogen-bond acceptors (Lipinski definition) is 16. The monoisotopic (exact) mass is 951 g/mol. The highest BCUT2D eigenvalue weighted by Gasteiger charge is 2.53. The molecule has 6 heterocycles. The quantitative estimate of drug-likeness (QED) is 0.0273. The minimum Gasteiger partial charge on any atom is -0.394 e. The van der Waals surface area contributed by atoms with Crippen molar-refractivity contribution in [2.45, 2.75) is 0 Å². The fraction of sp³-hybridized carbons (Fsp3) is 0.333. The van der Waals surface area contributed by atoms with Crippen LogP contribution in [0.25, 0.3) is 32.0 Å². The summed E-state index contributed by atoms with van der Waals surface area (Å²) in [6.07, 6.45) is 0. The highest BCUT2D eigenvalue weighted by Crippen LogP contribution is 2.43. The molecule has 0 fully saturated rings. The Morgan fingerprint density at radius 1 is 0.435 bits per heavy atom. The van der Waals surface area contributed by atoms with Gasteiger partial charge in [-0.15, -0.1) is 0 Å². The maximum atomic E-state index is 9.02. The van der Waals surface area contributed by atoms with Gasteiger partial charge in [0, 0.05) is 55.3 Å². The second-order valence-corrected chi connectivity index (χ2v) is 18.3. The predicted octanol–water partition coefficient (Wildman–Crippen LogP) is 4.81. The first-order valence-electron chi connectivity index (χ1n) is 22.8. The summed E-state index contributed by atoms with van der Waals surface area (Å²) in [5, 5.41) is 15.7. The molecule has 1 N–H and O–H groups in total. The molecule has 0 aliphatic carbocycles. The van der Waals surface area contributed by atoms with Crippen LogP contribution < -0.4 is 11.0 Å². The Balaban J connectivity index is 1.12. The number of nitrogens with zero attached hydrogens (tertiary/aromatic N) is 11. The minimum absolute atomic E-state index is 0.0439.